The summed E-state index contributed by atoms with van der Waals surface area (Å²) < 4.78 is 44.3. The van der Waals surface area contributed by atoms with Crippen molar-refractivity contribution in [3.8, 4) is 34.1 Å². The lowest BCUT2D eigenvalue weighted by Crippen LogP contribution is -2.11. The molecule has 0 saturated heterocycles. The molecule has 252 valence electrons. The van der Waals surface area contributed by atoms with Gasteiger partial charge in [-0.25, -0.2) is 9.07 Å². The highest BCUT2D eigenvalue weighted by Crippen LogP contribution is 2.26. The normalized spacial score (nSPS) is 11.3. The van der Waals surface area contributed by atoms with Crippen molar-refractivity contribution in [1.29, 1.82) is 0 Å². The van der Waals surface area contributed by atoms with Crippen LogP contribution in [0.25, 0.3) is 44.6 Å². The Labute approximate surface area is 285 Å². The van der Waals surface area contributed by atoms with Gasteiger partial charge in [-0.15, -0.1) is 5.10 Å². The maximum absolute atomic E-state index is 13.5. The zero-order valence-corrected chi connectivity index (χ0v) is 26.9. The van der Waals surface area contributed by atoms with Gasteiger partial charge in [-0.05, 0) is 91.7 Å². The van der Waals surface area contributed by atoms with Crippen LogP contribution >= 0.6 is 0 Å². The van der Waals surface area contributed by atoms with Gasteiger partial charge in [-0.2, -0.15) is 0 Å². The Bertz CT molecular complexity index is 2350. The molecule has 3 aromatic heterocycles. The highest BCUT2D eigenvalue weighted by molar-refractivity contribution is 5.79. The van der Waals surface area contributed by atoms with E-state index in [-0.39, 0.29) is 16.2 Å². The number of nitrogens with zero attached hydrogens (tertiary/aromatic N) is 3. The van der Waals surface area contributed by atoms with Gasteiger partial charge in [-0.3, -0.25) is 9.59 Å². The number of hydrogen-bond donors (Lipinski definition) is 0. The van der Waals surface area contributed by atoms with E-state index in [0.717, 1.165) is 29.8 Å². The molecular formula is C39H32FN3O7. The molecule has 7 rings (SSSR count). The topological polar surface area (TPSA) is 119 Å². The number of aryl methyl sites for hydroxylation is 1. The summed E-state index contributed by atoms with van der Waals surface area (Å²) in [6.45, 7) is 2.30. The number of ether oxygens (including phenoxy) is 3. The second-order valence-electron chi connectivity index (χ2n) is 11.5. The van der Waals surface area contributed by atoms with Crippen LogP contribution in [-0.2, 0) is 17.7 Å². The zero-order valence-electron chi connectivity index (χ0n) is 26.9. The SMILES string of the molecule is O=c1cc(-c2ccc(OCCCc3cn(CCOCCOc4ccc(-c5cc(=O)c6cc(F)ccc6o5)cc4)nn3)cc2)oc2ccccc12. The van der Waals surface area contributed by atoms with Crippen LogP contribution in [-0.4, -0.2) is 41.4 Å². The van der Waals surface area contributed by atoms with E-state index in [1.807, 2.05) is 42.6 Å². The van der Waals surface area contributed by atoms with Gasteiger partial charge >= 0.3 is 0 Å². The molecule has 0 spiro atoms. The number of rotatable bonds is 14. The van der Waals surface area contributed by atoms with Crippen molar-refractivity contribution in [2.45, 2.75) is 19.4 Å². The number of para-hydroxylation sites is 1. The lowest BCUT2D eigenvalue weighted by molar-refractivity contribution is 0.0923. The summed E-state index contributed by atoms with van der Waals surface area (Å²) in [5.74, 6) is 1.81. The lowest BCUT2D eigenvalue weighted by atomic mass is 10.1. The average Bonchev–Trinajstić information content (AvgIpc) is 3.60. The van der Waals surface area contributed by atoms with E-state index in [0.29, 0.717) is 72.4 Å². The van der Waals surface area contributed by atoms with Gasteiger partial charge < -0.3 is 23.0 Å². The molecule has 0 amide bonds. The molecule has 4 aromatic carbocycles. The highest BCUT2D eigenvalue weighted by atomic mass is 19.1. The first kappa shape index (κ1) is 32.5. The molecule has 0 aliphatic heterocycles. The van der Waals surface area contributed by atoms with Crippen molar-refractivity contribution in [2.24, 2.45) is 0 Å². The fourth-order valence-corrected chi connectivity index (χ4v) is 5.43. The van der Waals surface area contributed by atoms with E-state index in [1.165, 1.54) is 30.3 Å². The smallest absolute Gasteiger partial charge is 0.193 e. The first-order chi connectivity index (χ1) is 24.5. The van der Waals surface area contributed by atoms with Crippen molar-refractivity contribution in [2.75, 3.05) is 26.4 Å². The fraction of sp³-hybridized carbons (Fsp3) is 0.179. The third-order valence-electron chi connectivity index (χ3n) is 7.99. The zero-order chi connectivity index (χ0) is 34.3. The van der Waals surface area contributed by atoms with E-state index >= 15 is 0 Å². The Balaban J connectivity index is 0.788. The first-order valence-corrected chi connectivity index (χ1v) is 16.2. The number of halogens is 1. The van der Waals surface area contributed by atoms with E-state index in [4.69, 9.17) is 23.0 Å². The second kappa shape index (κ2) is 15.0. The van der Waals surface area contributed by atoms with Crippen LogP contribution < -0.4 is 20.3 Å². The van der Waals surface area contributed by atoms with Gasteiger partial charge in [-0.1, -0.05) is 17.3 Å². The molecule has 0 radical (unpaired) electrons. The number of hydrogen-bond acceptors (Lipinski definition) is 9. The van der Waals surface area contributed by atoms with Crippen LogP contribution in [0.2, 0.25) is 0 Å². The van der Waals surface area contributed by atoms with Gasteiger partial charge in [0.05, 0.1) is 42.8 Å². The largest absolute Gasteiger partial charge is 0.494 e. The molecule has 0 atom stereocenters. The van der Waals surface area contributed by atoms with E-state index in [1.54, 1.807) is 41.1 Å². The molecule has 11 heteroatoms. The van der Waals surface area contributed by atoms with Crippen molar-refractivity contribution in [1.82, 2.24) is 15.0 Å². The summed E-state index contributed by atoms with van der Waals surface area (Å²) in [4.78, 5) is 24.8. The summed E-state index contributed by atoms with van der Waals surface area (Å²) in [5.41, 5.74) is 2.89. The Morgan fingerprint density at radius 1 is 0.660 bits per heavy atom. The van der Waals surface area contributed by atoms with Crippen molar-refractivity contribution in [3.05, 3.63) is 141 Å². The molecule has 0 saturated carbocycles. The van der Waals surface area contributed by atoms with Crippen LogP contribution in [0.15, 0.2) is 128 Å². The van der Waals surface area contributed by atoms with Crippen LogP contribution in [0.4, 0.5) is 4.39 Å². The lowest BCUT2D eigenvalue weighted by Gasteiger charge is -2.08. The molecule has 0 fully saturated rings. The Morgan fingerprint density at radius 3 is 2.02 bits per heavy atom. The van der Waals surface area contributed by atoms with Crippen molar-refractivity contribution in [3.63, 3.8) is 0 Å². The maximum Gasteiger partial charge on any atom is 0.193 e. The van der Waals surface area contributed by atoms with Crippen LogP contribution in [0.3, 0.4) is 0 Å². The highest BCUT2D eigenvalue weighted by Gasteiger charge is 2.10. The molecular weight excluding hydrogens is 641 g/mol. The minimum Gasteiger partial charge on any atom is -0.494 e. The standard InChI is InChI=1S/C39H32FN3O7/c40-28-11-16-37-33(22-28)35(45)24-39(50-37)27-9-14-31(15-10-27)48-21-20-46-19-17-43-25-29(41-42-43)4-3-18-47-30-12-7-26(8-13-30)38-23-34(44)32-5-1-2-6-36(32)49-38/h1-2,5-16,22-25H,3-4,17-21H2. The summed E-state index contributed by atoms with van der Waals surface area (Å²) in [5, 5.41) is 9.19. The van der Waals surface area contributed by atoms with Gasteiger partial charge in [0.2, 0.25) is 0 Å². The Kier molecular flexibility index (Phi) is 9.74. The Morgan fingerprint density at radius 2 is 1.30 bits per heavy atom. The van der Waals surface area contributed by atoms with E-state index < -0.39 is 5.82 Å². The Hall–Kier alpha value is -6.07. The quantitative estimate of drug-likeness (QED) is 0.112. The minimum atomic E-state index is -0.484. The molecule has 3 heterocycles. The van der Waals surface area contributed by atoms with Gasteiger partial charge in [0.1, 0.15) is 46.6 Å². The van der Waals surface area contributed by atoms with Gasteiger partial charge in [0.15, 0.2) is 10.9 Å². The second-order valence-corrected chi connectivity index (χ2v) is 11.5. The van der Waals surface area contributed by atoms with E-state index in [2.05, 4.69) is 10.3 Å². The molecule has 7 aromatic rings. The average molecular weight is 674 g/mol. The molecule has 0 N–H and O–H groups in total. The first-order valence-electron chi connectivity index (χ1n) is 16.2. The summed E-state index contributed by atoms with van der Waals surface area (Å²) in [7, 11) is 0. The maximum atomic E-state index is 13.5. The minimum absolute atomic E-state index is 0.0727. The summed E-state index contributed by atoms with van der Waals surface area (Å²) in [6.07, 6.45) is 3.40. The molecule has 50 heavy (non-hydrogen) atoms. The molecule has 0 bridgehead atoms. The van der Waals surface area contributed by atoms with Crippen molar-refractivity contribution >= 4 is 21.9 Å². The summed E-state index contributed by atoms with van der Waals surface area (Å²) >= 11 is 0. The predicted molar refractivity (Wildman–Crippen MR) is 186 cm³/mol. The number of fused-ring (bicyclic) bond motifs is 2. The molecule has 10 nitrogen and oxygen atoms in total. The van der Waals surface area contributed by atoms with Crippen molar-refractivity contribution < 1.29 is 27.4 Å². The van der Waals surface area contributed by atoms with Crippen LogP contribution in [0.1, 0.15) is 12.1 Å². The van der Waals surface area contributed by atoms with Crippen LogP contribution in [0, 0.1) is 5.82 Å². The molecule has 0 aliphatic rings. The van der Waals surface area contributed by atoms with Crippen LogP contribution in [0.5, 0.6) is 11.5 Å². The third-order valence-corrected chi connectivity index (χ3v) is 7.99. The summed E-state index contributed by atoms with van der Waals surface area (Å²) in [6, 6.07) is 28.6. The van der Waals surface area contributed by atoms with Gasteiger partial charge in [0.25, 0.3) is 0 Å². The fourth-order valence-electron chi connectivity index (χ4n) is 5.43. The monoisotopic (exact) mass is 673 g/mol. The number of aromatic nitrogens is 3. The number of benzene rings is 4. The third kappa shape index (κ3) is 7.79. The van der Waals surface area contributed by atoms with E-state index in [9.17, 15) is 14.0 Å². The predicted octanol–water partition coefficient (Wildman–Crippen LogP) is 7.07. The molecule has 0 aliphatic carbocycles. The van der Waals surface area contributed by atoms with Gasteiger partial charge in [0, 0.05) is 29.5 Å². The molecule has 0 unspecified atom stereocenters.